The molecule has 3 rings (SSSR count). The second-order valence-corrected chi connectivity index (χ2v) is 7.92. The van der Waals surface area contributed by atoms with Gasteiger partial charge in [0.05, 0.1) is 9.79 Å². The normalized spacial score (nSPS) is 11.4. The molecule has 3 aromatic rings. The lowest BCUT2D eigenvalue weighted by atomic mass is 10.1. The third-order valence-electron chi connectivity index (χ3n) is 4.12. The van der Waals surface area contributed by atoms with E-state index in [1.165, 1.54) is 0 Å². The molecular formula is C20H20N2O2S. The first kappa shape index (κ1) is 17.3. The average Bonchev–Trinajstić information content (AvgIpc) is 2.62. The molecule has 0 aliphatic rings. The number of aryl methyl sites for hydroxylation is 2. The first-order valence-corrected chi connectivity index (χ1v) is 9.68. The van der Waals surface area contributed by atoms with E-state index in [4.69, 9.17) is 0 Å². The van der Waals surface area contributed by atoms with Gasteiger partial charge in [-0.05, 0) is 54.8 Å². The predicted molar refractivity (Wildman–Crippen MR) is 97.3 cm³/mol. The maximum atomic E-state index is 12.7. The number of sulfone groups is 1. The zero-order chi connectivity index (χ0) is 17.9. The molecule has 0 aliphatic heterocycles. The Labute approximate surface area is 148 Å². The Bertz CT molecular complexity index is 963. The number of hydrogen-bond acceptors (Lipinski definition) is 4. The lowest BCUT2D eigenvalue weighted by Gasteiger charge is -2.07. The van der Waals surface area contributed by atoms with E-state index in [1.807, 2.05) is 44.2 Å². The van der Waals surface area contributed by atoms with Crippen LogP contribution in [0.25, 0.3) is 0 Å². The highest BCUT2D eigenvalue weighted by Crippen LogP contribution is 2.22. The molecular weight excluding hydrogens is 332 g/mol. The quantitative estimate of drug-likeness (QED) is 0.701. The highest BCUT2D eigenvalue weighted by molar-refractivity contribution is 7.91. The van der Waals surface area contributed by atoms with E-state index < -0.39 is 9.84 Å². The van der Waals surface area contributed by atoms with Gasteiger partial charge in [-0.1, -0.05) is 31.2 Å². The van der Waals surface area contributed by atoms with E-state index >= 15 is 0 Å². The van der Waals surface area contributed by atoms with Crippen LogP contribution in [0.3, 0.4) is 0 Å². The summed E-state index contributed by atoms with van der Waals surface area (Å²) in [6.45, 7) is 3.96. The third kappa shape index (κ3) is 3.94. The minimum atomic E-state index is -3.49. The number of rotatable bonds is 5. The van der Waals surface area contributed by atoms with E-state index in [0.717, 1.165) is 28.9 Å². The molecule has 0 radical (unpaired) electrons. The van der Waals surface area contributed by atoms with E-state index in [-0.39, 0.29) is 0 Å². The molecule has 2 aromatic carbocycles. The van der Waals surface area contributed by atoms with Crippen molar-refractivity contribution in [1.29, 1.82) is 0 Å². The van der Waals surface area contributed by atoms with Gasteiger partial charge in [-0.15, -0.1) is 0 Å². The van der Waals surface area contributed by atoms with Crippen LogP contribution in [-0.2, 0) is 22.7 Å². The minimum absolute atomic E-state index is 0.305. The number of hydrogen-bond donors (Lipinski definition) is 0. The Kier molecular flexibility index (Phi) is 4.95. The lowest BCUT2D eigenvalue weighted by molar-refractivity contribution is 0.596. The van der Waals surface area contributed by atoms with Crippen molar-refractivity contribution in [2.45, 2.75) is 36.5 Å². The maximum absolute atomic E-state index is 12.7. The van der Waals surface area contributed by atoms with E-state index in [1.54, 1.807) is 30.6 Å². The molecule has 0 spiro atoms. The lowest BCUT2D eigenvalue weighted by Crippen LogP contribution is -2.02. The molecule has 0 saturated carbocycles. The smallest absolute Gasteiger partial charge is 0.206 e. The summed E-state index contributed by atoms with van der Waals surface area (Å²) in [7, 11) is -3.49. The van der Waals surface area contributed by atoms with Gasteiger partial charge in [0.25, 0.3) is 0 Å². The van der Waals surface area contributed by atoms with E-state index in [9.17, 15) is 8.42 Å². The molecule has 0 atom stereocenters. The molecule has 0 saturated heterocycles. The fourth-order valence-electron chi connectivity index (χ4n) is 2.64. The summed E-state index contributed by atoms with van der Waals surface area (Å²) in [5.74, 6) is 0. The van der Waals surface area contributed by atoms with Gasteiger partial charge in [-0.3, -0.25) is 0 Å². The summed E-state index contributed by atoms with van der Waals surface area (Å²) in [5.41, 5.74) is 3.96. The molecule has 0 fully saturated rings. The standard InChI is InChI=1S/C20H20N2O2S/c1-3-16-4-8-19(9-5-16)25(23,24)20-10-6-17(7-11-20)13-18-12-15(2)21-14-22-18/h4-12,14H,3,13H2,1-2H3. The summed E-state index contributed by atoms with van der Waals surface area (Å²) >= 11 is 0. The summed E-state index contributed by atoms with van der Waals surface area (Å²) in [5, 5.41) is 0. The number of benzene rings is 2. The van der Waals surface area contributed by atoms with E-state index in [2.05, 4.69) is 9.97 Å². The van der Waals surface area contributed by atoms with Gasteiger partial charge >= 0.3 is 0 Å². The van der Waals surface area contributed by atoms with Crippen LogP contribution in [-0.4, -0.2) is 18.4 Å². The first-order chi connectivity index (χ1) is 12.0. The Morgan fingerprint density at radius 1 is 0.840 bits per heavy atom. The predicted octanol–water partition coefficient (Wildman–Crippen LogP) is 3.77. The van der Waals surface area contributed by atoms with Crippen LogP contribution in [0.1, 0.15) is 29.4 Å². The van der Waals surface area contributed by atoms with Gasteiger partial charge in [-0.25, -0.2) is 18.4 Å². The Morgan fingerprint density at radius 3 is 1.92 bits per heavy atom. The molecule has 128 valence electrons. The van der Waals surface area contributed by atoms with Gasteiger partial charge in [0.2, 0.25) is 9.84 Å². The maximum Gasteiger partial charge on any atom is 0.206 e. The second-order valence-electron chi connectivity index (χ2n) is 5.97. The monoisotopic (exact) mass is 352 g/mol. The highest BCUT2D eigenvalue weighted by Gasteiger charge is 2.17. The fraction of sp³-hybridized carbons (Fsp3) is 0.200. The third-order valence-corrected chi connectivity index (χ3v) is 5.91. The summed E-state index contributed by atoms with van der Waals surface area (Å²) < 4.78 is 25.5. The first-order valence-electron chi connectivity index (χ1n) is 8.19. The van der Waals surface area contributed by atoms with Gasteiger partial charge in [0.1, 0.15) is 6.33 Å². The van der Waals surface area contributed by atoms with Gasteiger partial charge in [-0.2, -0.15) is 0 Å². The minimum Gasteiger partial charge on any atom is -0.242 e. The van der Waals surface area contributed by atoms with Gasteiger partial charge in [0.15, 0.2) is 0 Å². The van der Waals surface area contributed by atoms with Crippen molar-refractivity contribution in [2.24, 2.45) is 0 Å². The highest BCUT2D eigenvalue weighted by atomic mass is 32.2. The number of aromatic nitrogens is 2. The topological polar surface area (TPSA) is 59.9 Å². The molecule has 1 heterocycles. The molecule has 0 aliphatic carbocycles. The average molecular weight is 352 g/mol. The van der Waals surface area contributed by atoms with Crippen molar-refractivity contribution in [3.05, 3.63) is 83.4 Å². The van der Waals surface area contributed by atoms with Crippen molar-refractivity contribution in [3.8, 4) is 0 Å². The van der Waals surface area contributed by atoms with Crippen LogP contribution in [0, 0.1) is 6.92 Å². The van der Waals surface area contributed by atoms with Crippen molar-refractivity contribution >= 4 is 9.84 Å². The Morgan fingerprint density at radius 2 is 1.40 bits per heavy atom. The summed E-state index contributed by atoms with van der Waals surface area (Å²) in [6.07, 6.45) is 3.08. The molecule has 5 heteroatoms. The van der Waals surface area contributed by atoms with Gasteiger partial charge in [0, 0.05) is 17.8 Å². The van der Waals surface area contributed by atoms with Crippen LogP contribution >= 0.6 is 0 Å². The molecule has 0 unspecified atom stereocenters. The second kappa shape index (κ2) is 7.15. The molecule has 0 bridgehead atoms. The molecule has 4 nitrogen and oxygen atoms in total. The largest absolute Gasteiger partial charge is 0.242 e. The van der Waals surface area contributed by atoms with Crippen LogP contribution < -0.4 is 0 Å². The summed E-state index contributed by atoms with van der Waals surface area (Å²) in [6, 6.07) is 16.0. The summed E-state index contributed by atoms with van der Waals surface area (Å²) in [4.78, 5) is 8.95. The zero-order valence-electron chi connectivity index (χ0n) is 14.3. The Balaban J connectivity index is 1.83. The van der Waals surface area contributed by atoms with Crippen LogP contribution in [0.2, 0.25) is 0 Å². The molecule has 0 N–H and O–H groups in total. The molecule has 0 amide bonds. The van der Waals surface area contributed by atoms with Crippen molar-refractivity contribution in [1.82, 2.24) is 9.97 Å². The van der Waals surface area contributed by atoms with Crippen LogP contribution in [0.4, 0.5) is 0 Å². The van der Waals surface area contributed by atoms with Crippen LogP contribution in [0.5, 0.6) is 0 Å². The van der Waals surface area contributed by atoms with Crippen LogP contribution in [0.15, 0.2) is 70.7 Å². The van der Waals surface area contributed by atoms with E-state index in [0.29, 0.717) is 16.2 Å². The van der Waals surface area contributed by atoms with Crippen molar-refractivity contribution in [3.63, 3.8) is 0 Å². The molecule has 25 heavy (non-hydrogen) atoms. The zero-order valence-corrected chi connectivity index (χ0v) is 15.1. The number of nitrogens with zero attached hydrogens (tertiary/aromatic N) is 2. The Hall–Kier alpha value is -2.53. The van der Waals surface area contributed by atoms with Crippen molar-refractivity contribution in [2.75, 3.05) is 0 Å². The van der Waals surface area contributed by atoms with Crippen molar-refractivity contribution < 1.29 is 8.42 Å². The molecule has 1 aromatic heterocycles. The van der Waals surface area contributed by atoms with Gasteiger partial charge < -0.3 is 0 Å². The SMILES string of the molecule is CCc1ccc(S(=O)(=O)c2ccc(Cc3cc(C)ncn3)cc2)cc1. The fourth-order valence-corrected chi connectivity index (χ4v) is 3.90.